The quantitative estimate of drug-likeness (QED) is 0.720. The summed E-state index contributed by atoms with van der Waals surface area (Å²) in [6.45, 7) is 6.17. The smallest absolute Gasteiger partial charge is 0.222 e. The van der Waals surface area contributed by atoms with E-state index >= 15 is 0 Å². The second kappa shape index (κ2) is 5.19. The molecule has 1 heterocycles. The zero-order valence-electron chi connectivity index (χ0n) is 10.3. The lowest BCUT2D eigenvalue weighted by Gasteiger charge is -1.95. The second-order valence-electron chi connectivity index (χ2n) is 3.86. The van der Waals surface area contributed by atoms with Gasteiger partial charge in [-0.1, -0.05) is 30.4 Å². The molecule has 2 rings (SSSR count). The van der Waals surface area contributed by atoms with E-state index in [9.17, 15) is 0 Å². The van der Waals surface area contributed by atoms with Crippen LogP contribution in [0.2, 0.25) is 0 Å². The number of nitrogens with zero attached hydrogens (tertiary/aromatic N) is 3. The highest BCUT2D eigenvalue weighted by atomic mass is 32.1. The van der Waals surface area contributed by atoms with Gasteiger partial charge in [0.2, 0.25) is 5.13 Å². The van der Waals surface area contributed by atoms with E-state index in [-0.39, 0.29) is 0 Å². The van der Waals surface area contributed by atoms with Gasteiger partial charge in [0.15, 0.2) is 0 Å². The largest absolute Gasteiger partial charge is 0.230 e. The number of hydrogen-bond donors (Lipinski definition) is 0. The van der Waals surface area contributed by atoms with Crippen LogP contribution in [-0.4, -0.2) is 4.98 Å². The summed E-state index contributed by atoms with van der Waals surface area (Å²) < 4.78 is 0. The van der Waals surface area contributed by atoms with Crippen LogP contribution >= 0.6 is 11.3 Å². The maximum atomic E-state index is 4.32. The van der Waals surface area contributed by atoms with Crippen molar-refractivity contribution in [3.05, 3.63) is 40.4 Å². The number of azo groups is 1. The molecular weight excluding hydrogens is 230 g/mol. The van der Waals surface area contributed by atoms with Gasteiger partial charge >= 0.3 is 0 Å². The van der Waals surface area contributed by atoms with E-state index in [0.717, 1.165) is 22.9 Å². The Labute approximate surface area is 105 Å². The minimum atomic E-state index is 0.722. The molecule has 1 aromatic heterocycles. The first-order chi connectivity index (χ1) is 8.19. The van der Waals surface area contributed by atoms with E-state index in [1.54, 1.807) is 11.3 Å². The Bertz CT molecular complexity index is 507. The van der Waals surface area contributed by atoms with Gasteiger partial charge in [-0.15, -0.1) is 10.2 Å². The summed E-state index contributed by atoms with van der Waals surface area (Å²) in [5.41, 5.74) is 3.21. The normalized spacial score (nSPS) is 11.2. The van der Waals surface area contributed by atoms with E-state index < -0.39 is 0 Å². The number of aryl methyl sites for hydroxylation is 3. The zero-order chi connectivity index (χ0) is 12.3. The molecule has 0 spiro atoms. The van der Waals surface area contributed by atoms with Crippen molar-refractivity contribution in [3.63, 3.8) is 0 Å². The monoisotopic (exact) mass is 245 g/mol. The van der Waals surface area contributed by atoms with Crippen LogP contribution in [0, 0.1) is 13.8 Å². The molecule has 0 atom stereocenters. The van der Waals surface area contributed by atoms with E-state index in [4.69, 9.17) is 0 Å². The van der Waals surface area contributed by atoms with Gasteiger partial charge in [-0.05, 0) is 38.0 Å². The fourth-order valence-electron chi connectivity index (χ4n) is 1.40. The highest BCUT2D eigenvalue weighted by Crippen LogP contribution is 2.25. The first-order valence-corrected chi connectivity index (χ1v) is 6.45. The van der Waals surface area contributed by atoms with Crippen molar-refractivity contribution >= 4 is 22.2 Å². The first-order valence-electron chi connectivity index (χ1n) is 5.63. The third-order valence-corrected chi connectivity index (χ3v) is 3.57. The third kappa shape index (κ3) is 2.97. The van der Waals surface area contributed by atoms with Gasteiger partial charge in [0.05, 0.1) is 11.4 Å². The molecule has 3 nitrogen and oxygen atoms in total. The summed E-state index contributed by atoms with van der Waals surface area (Å²) in [6, 6.07) is 8.12. The number of aromatic nitrogens is 1. The number of rotatable bonds is 3. The van der Waals surface area contributed by atoms with Crippen LogP contribution in [0.4, 0.5) is 10.8 Å². The van der Waals surface area contributed by atoms with Crippen molar-refractivity contribution in [3.8, 4) is 0 Å². The predicted octanol–water partition coefficient (Wildman–Crippen LogP) is 4.74. The lowest BCUT2D eigenvalue weighted by Crippen LogP contribution is -1.75. The van der Waals surface area contributed by atoms with Crippen LogP contribution in [0.1, 0.15) is 23.1 Å². The van der Waals surface area contributed by atoms with Crippen molar-refractivity contribution in [2.24, 2.45) is 10.2 Å². The van der Waals surface area contributed by atoms with Gasteiger partial charge < -0.3 is 0 Å². The Hall–Kier alpha value is -1.55. The first kappa shape index (κ1) is 11.9. The number of thiazole rings is 1. The summed E-state index contributed by atoms with van der Waals surface area (Å²) >= 11 is 1.57. The lowest BCUT2D eigenvalue weighted by molar-refractivity contribution is 1.13. The molecule has 0 bridgehead atoms. The molecule has 17 heavy (non-hydrogen) atoms. The Balaban J connectivity index is 2.14. The van der Waals surface area contributed by atoms with E-state index in [2.05, 4.69) is 34.3 Å². The standard InChI is InChI=1S/C13H15N3S/c1-4-11-5-7-12(8-6-11)15-16-13-14-9(2)10(3)17-13/h5-8H,4H2,1-3H3. The zero-order valence-corrected chi connectivity index (χ0v) is 11.1. The average molecular weight is 245 g/mol. The maximum absolute atomic E-state index is 4.32. The second-order valence-corrected chi connectivity index (χ2v) is 5.04. The summed E-state index contributed by atoms with van der Waals surface area (Å²) in [4.78, 5) is 5.51. The molecule has 0 aliphatic carbocycles. The highest BCUT2D eigenvalue weighted by Gasteiger charge is 2.01. The number of hydrogen-bond acceptors (Lipinski definition) is 4. The Morgan fingerprint density at radius 1 is 1.12 bits per heavy atom. The minimum absolute atomic E-state index is 0.722. The van der Waals surface area contributed by atoms with Crippen LogP contribution in [0.15, 0.2) is 34.5 Å². The topological polar surface area (TPSA) is 37.6 Å². The molecule has 1 aromatic carbocycles. The Morgan fingerprint density at radius 3 is 2.35 bits per heavy atom. The Morgan fingerprint density at radius 2 is 1.82 bits per heavy atom. The van der Waals surface area contributed by atoms with E-state index in [1.165, 1.54) is 10.4 Å². The van der Waals surface area contributed by atoms with Crippen LogP contribution in [0.3, 0.4) is 0 Å². The van der Waals surface area contributed by atoms with Crippen molar-refractivity contribution in [2.75, 3.05) is 0 Å². The predicted molar refractivity (Wildman–Crippen MR) is 71.6 cm³/mol. The summed E-state index contributed by atoms with van der Waals surface area (Å²) in [5.74, 6) is 0. The van der Waals surface area contributed by atoms with Gasteiger partial charge in [-0.2, -0.15) is 0 Å². The molecular formula is C13H15N3S. The molecule has 0 amide bonds. The molecule has 0 saturated heterocycles. The summed E-state index contributed by atoms with van der Waals surface area (Å²) in [7, 11) is 0. The lowest BCUT2D eigenvalue weighted by atomic mass is 10.2. The van der Waals surface area contributed by atoms with E-state index in [1.807, 2.05) is 26.0 Å². The van der Waals surface area contributed by atoms with Gasteiger partial charge in [0.1, 0.15) is 0 Å². The molecule has 0 radical (unpaired) electrons. The van der Waals surface area contributed by atoms with Crippen molar-refractivity contribution < 1.29 is 0 Å². The molecule has 0 fully saturated rings. The van der Waals surface area contributed by atoms with Gasteiger partial charge in [-0.25, -0.2) is 4.98 Å². The fraction of sp³-hybridized carbons (Fsp3) is 0.308. The molecule has 0 saturated carbocycles. The molecule has 88 valence electrons. The van der Waals surface area contributed by atoms with Crippen LogP contribution in [-0.2, 0) is 6.42 Å². The van der Waals surface area contributed by atoms with Gasteiger partial charge in [0, 0.05) is 4.88 Å². The molecule has 0 aliphatic rings. The van der Waals surface area contributed by atoms with Gasteiger partial charge in [-0.3, -0.25) is 0 Å². The summed E-state index contributed by atoms with van der Waals surface area (Å²) in [5, 5.41) is 9.05. The van der Waals surface area contributed by atoms with Crippen LogP contribution in [0.25, 0.3) is 0 Å². The highest BCUT2D eigenvalue weighted by molar-refractivity contribution is 7.15. The van der Waals surface area contributed by atoms with E-state index in [0.29, 0.717) is 0 Å². The Kier molecular flexibility index (Phi) is 3.64. The maximum Gasteiger partial charge on any atom is 0.230 e. The van der Waals surface area contributed by atoms with Crippen LogP contribution < -0.4 is 0 Å². The molecule has 0 aliphatic heterocycles. The summed E-state index contributed by atoms with van der Waals surface area (Å²) in [6.07, 6.45) is 1.04. The van der Waals surface area contributed by atoms with Gasteiger partial charge in [0.25, 0.3) is 0 Å². The fourth-order valence-corrected chi connectivity index (χ4v) is 2.13. The molecule has 2 aromatic rings. The van der Waals surface area contributed by atoms with Crippen LogP contribution in [0.5, 0.6) is 0 Å². The number of benzene rings is 1. The SMILES string of the molecule is CCc1ccc(N=Nc2nc(C)c(C)s2)cc1. The minimum Gasteiger partial charge on any atom is -0.222 e. The third-order valence-electron chi connectivity index (χ3n) is 2.61. The van der Waals surface area contributed by atoms with Crippen molar-refractivity contribution in [1.29, 1.82) is 0 Å². The van der Waals surface area contributed by atoms with Crippen molar-refractivity contribution in [1.82, 2.24) is 4.98 Å². The average Bonchev–Trinajstić information content (AvgIpc) is 2.67. The molecule has 0 N–H and O–H groups in total. The molecule has 4 heteroatoms. The molecule has 0 unspecified atom stereocenters. The van der Waals surface area contributed by atoms with Crippen molar-refractivity contribution in [2.45, 2.75) is 27.2 Å².